The Morgan fingerprint density at radius 1 is 1.09 bits per heavy atom. The zero-order valence-corrected chi connectivity index (χ0v) is 25.9. The summed E-state index contributed by atoms with van der Waals surface area (Å²) in [6.07, 6.45) is 5.40. The summed E-state index contributed by atoms with van der Waals surface area (Å²) in [6, 6.07) is 13.9. The van der Waals surface area contributed by atoms with Crippen molar-refractivity contribution in [1.29, 1.82) is 10.5 Å². The number of fused-ring (bicyclic) bond motifs is 1. The van der Waals surface area contributed by atoms with E-state index in [0.717, 1.165) is 37.4 Å². The van der Waals surface area contributed by atoms with Gasteiger partial charge in [-0.2, -0.15) is 10.5 Å². The fraction of sp³-hybridized carbons (Fsp3) is 0.258. The fourth-order valence-corrected chi connectivity index (χ4v) is 6.75. The molecule has 44 heavy (non-hydrogen) atoms. The highest BCUT2D eigenvalue weighted by molar-refractivity contribution is 7.10. The predicted octanol–water partition coefficient (Wildman–Crippen LogP) is 7.68. The van der Waals surface area contributed by atoms with E-state index in [4.69, 9.17) is 23.2 Å². The molecule has 0 saturated carbocycles. The van der Waals surface area contributed by atoms with Gasteiger partial charge in [0.1, 0.15) is 29.7 Å². The van der Waals surface area contributed by atoms with Crippen molar-refractivity contribution >= 4 is 62.5 Å². The first-order valence-corrected chi connectivity index (χ1v) is 15.6. The average molecular weight is 647 g/mol. The Kier molecular flexibility index (Phi) is 8.65. The van der Waals surface area contributed by atoms with Crippen LogP contribution in [0.4, 0.5) is 21.5 Å². The topological polar surface area (TPSA) is 118 Å². The molecule has 0 bridgehead atoms. The highest BCUT2D eigenvalue weighted by Gasteiger charge is 2.25. The SMILES string of the molecule is CCN1CCC(n2cc([C@@H](Nc3cc(Cl)c4ncc(C#N)c(Nc5ccc(F)c(Cl)c5)c4c3)c3cc(C#N)cs3)nn2)CC1. The van der Waals surface area contributed by atoms with Crippen LogP contribution in [0.25, 0.3) is 10.9 Å². The Morgan fingerprint density at radius 2 is 1.89 bits per heavy atom. The summed E-state index contributed by atoms with van der Waals surface area (Å²) < 4.78 is 15.8. The van der Waals surface area contributed by atoms with Gasteiger partial charge in [0.05, 0.1) is 44.6 Å². The van der Waals surface area contributed by atoms with Crippen LogP contribution in [0, 0.1) is 28.5 Å². The van der Waals surface area contributed by atoms with Gasteiger partial charge in [-0.15, -0.1) is 16.4 Å². The molecule has 1 aliphatic heterocycles. The van der Waals surface area contributed by atoms with Crippen molar-refractivity contribution < 1.29 is 4.39 Å². The number of anilines is 3. The Morgan fingerprint density at radius 3 is 2.59 bits per heavy atom. The molecule has 222 valence electrons. The van der Waals surface area contributed by atoms with Gasteiger partial charge in [0, 0.05) is 46.3 Å². The molecular formula is C31H26Cl2FN9S. The number of likely N-dealkylation sites (tertiary alicyclic amines) is 1. The number of halogens is 3. The third-order valence-corrected chi connectivity index (χ3v) is 9.36. The van der Waals surface area contributed by atoms with E-state index >= 15 is 0 Å². The molecule has 3 aromatic heterocycles. The minimum Gasteiger partial charge on any atom is -0.372 e. The number of nitriles is 2. The molecule has 1 saturated heterocycles. The number of thiophene rings is 1. The number of piperidine rings is 1. The fourth-order valence-electron chi connectivity index (χ4n) is 5.40. The molecule has 6 rings (SSSR count). The summed E-state index contributed by atoms with van der Waals surface area (Å²) in [4.78, 5) is 7.74. The quantitative estimate of drug-likeness (QED) is 0.176. The number of hydrogen-bond donors (Lipinski definition) is 2. The number of hydrogen-bond acceptors (Lipinski definition) is 9. The zero-order chi connectivity index (χ0) is 30.8. The third kappa shape index (κ3) is 6.05. The smallest absolute Gasteiger partial charge is 0.141 e. The van der Waals surface area contributed by atoms with E-state index in [2.05, 4.69) is 49.9 Å². The molecule has 0 spiro atoms. The molecule has 1 aliphatic rings. The van der Waals surface area contributed by atoms with Crippen LogP contribution >= 0.6 is 34.5 Å². The predicted molar refractivity (Wildman–Crippen MR) is 171 cm³/mol. The third-order valence-electron chi connectivity index (χ3n) is 7.78. The van der Waals surface area contributed by atoms with Crippen molar-refractivity contribution in [2.45, 2.75) is 31.8 Å². The Balaban J connectivity index is 1.38. The molecular weight excluding hydrogens is 620 g/mol. The second-order valence-electron chi connectivity index (χ2n) is 10.5. The van der Waals surface area contributed by atoms with Gasteiger partial charge in [0.15, 0.2) is 0 Å². The van der Waals surface area contributed by atoms with Gasteiger partial charge in [-0.3, -0.25) is 4.98 Å². The van der Waals surface area contributed by atoms with E-state index in [-0.39, 0.29) is 16.6 Å². The van der Waals surface area contributed by atoms with Gasteiger partial charge in [-0.25, -0.2) is 9.07 Å². The number of aromatic nitrogens is 4. The minimum atomic E-state index is -0.547. The van der Waals surface area contributed by atoms with Gasteiger partial charge in [0.2, 0.25) is 0 Å². The summed E-state index contributed by atoms with van der Waals surface area (Å²) in [7, 11) is 0. The zero-order valence-electron chi connectivity index (χ0n) is 23.6. The Bertz CT molecular complexity index is 1920. The maximum absolute atomic E-state index is 13.8. The molecule has 2 N–H and O–H groups in total. The second kappa shape index (κ2) is 12.8. The first-order valence-electron chi connectivity index (χ1n) is 14.0. The molecule has 13 heteroatoms. The number of benzene rings is 2. The molecule has 1 fully saturated rings. The van der Waals surface area contributed by atoms with Gasteiger partial charge < -0.3 is 15.5 Å². The number of nitrogens with one attached hydrogen (secondary N) is 2. The van der Waals surface area contributed by atoms with E-state index in [1.165, 1.54) is 35.7 Å². The van der Waals surface area contributed by atoms with Crippen LogP contribution in [0.2, 0.25) is 10.0 Å². The first kappa shape index (κ1) is 29.8. The highest BCUT2D eigenvalue weighted by Crippen LogP contribution is 2.38. The molecule has 5 aromatic rings. The van der Waals surface area contributed by atoms with E-state index in [0.29, 0.717) is 44.2 Å². The van der Waals surface area contributed by atoms with Crippen LogP contribution in [-0.4, -0.2) is 44.5 Å². The minimum absolute atomic E-state index is 0.0493. The van der Waals surface area contributed by atoms with Gasteiger partial charge in [-0.05, 0) is 55.8 Å². The maximum Gasteiger partial charge on any atom is 0.141 e. The highest BCUT2D eigenvalue weighted by atomic mass is 35.5. The van der Waals surface area contributed by atoms with Gasteiger partial charge >= 0.3 is 0 Å². The number of rotatable bonds is 8. The standard InChI is InChI=1S/C31H26Cl2FN9S/c1-2-42-7-5-22(6-8-42)43-16-27(40-41-43)31(28-9-18(13-35)17-44-28)39-21-10-23-29(38-20-3-4-26(34)24(32)11-20)19(14-36)15-37-30(23)25(33)12-21/h3-4,9-12,15-17,22,31,39H,2,5-8H2,1H3,(H,37,38)/t31-/m1/s1. The largest absolute Gasteiger partial charge is 0.372 e. The summed E-state index contributed by atoms with van der Waals surface area (Å²) in [5, 5.41) is 37.9. The average Bonchev–Trinajstić information content (AvgIpc) is 3.73. The molecule has 0 radical (unpaired) electrons. The summed E-state index contributed by atoms with van der Waals surface area (Å²) in [6.45, 7) is 5.25. The molecule has 1 atom stereocenters. The number of nitrogens with zero attached hydrogens (tertiary/aromatic N) is 7. The van der Waals surface area contributed by atoms with Crippen molar-refractivity contribution in [2.24, 2.45) is 0 Å². The monoisotopic (exact) mass is 645 g/mol. The van der Waals surface area contributed by atoms with E-state index < -0.39 is 11.9 Å². The molecule has 9 nitrogen and oxygen atoms in total. The molecule has 0 aliphatic carbocycles. The molecule has 0 unspecified atom stereocenters. The van der Waals surface area contributed by atoms with Crippen LogP contribution < -0.4 is 10.6 Å². The Hall–Kier alpha value is -4.26. The van der Waals surface area contributed by atoms with Crippen LogP contribution in [-0.2, 0) is 0 Å². The normalized spacial score (nSPS) is 14.7. The lowest BCUT2D eigenvalue weighted by Gasteiger charge is -2.30. The van der Waals surface area contributed by atoms with E-state index in [9.17, 15) is 14.9 Å². The van der Waals surface area contributed by atoms with Crippen molar-refractivity contribution in [1.82, 2.24) is 24.9 Å². The van der Waals surface area contributed by atoms with Crippen LogP contribution in [0.5, 0.6) is 0 Å². The number of pyridine rings is 1. The lowest BCUT2D eigenvalue weighted by molar-refractivity contribution is 0.186. The van der Waals surface area contributed by atoms with Crippen molar-refractivity contribution in [3.05, 3.63) is 91.7 Å². The molecule has 0 amide bonds. The Labute approximate surface area is 267 Å². The van der Waals surface area contributed by atoms with Crippen LogP contribution in [0.15, 0.2) is 54.2 Å². The van der Waals surface area contributed by atoms with Gasteiger partial charge in [0.25, 0.3) is 0 Å². The van der Waals surface area contributed by atoms with Gasteiger partial charge in [-0.1, -0.05) is 35.3 Å². The molecule has 4 heterocycles. The maximum atomic E-state index is 13.8. The molecule has 2 aromatic carbocycles. The van der Waals surface area contributed by atoms with E-state index in [1.54, 1.807) is 11.4 Å². The summed E-state index contributed by atoms with van der Waals surface area (Å²) >= 11 is 14.2. The lowest BCUT2D eigenvalue weighted by atomic mass is 10.1. The summed E-state index contributed by atoms with van der Waals surface area (Å²) in [5.41, 5.74) is 3.61. The summed E-state index contributed by atoms with van der Waals surface area (Å²) in [5.74, 6) is -0.547. The van der Waals surface area contributed by atoms with Crippen LogP contribution in [0.1, 0.15) is 53.5 Å². The van der Waals surface area contributed by atoms with Crippen LogP contribution in [0.3, 0.4) is 0 Å². The van der Waals surface area contributed by atoms with Crippen molar-refractivity contribution in [3.8, 4) is 12.1 Å². The first-order chi connectivity index (χ1) is 21.4. The lowest BCUT2D eigenvalue weighted by Crippen LogP contribution is -2.34. The van der Waals surface area contributed by atoms with Crippen molar-refractivity contribution in [3.63, 3.8) is 0 Å². The van der Waals surface area contributed by atoms with E-state index in [1.807, 2.05) is 23.0 Å². The van der Waals surface area contributed by atoms with Crippen molar-refractivity contribution in [2.75, 3.05) is 30.3 Å². The second-order valence-corrected chi connectivity index (χ2v) is 12.2.